The van der Waals surface area contributed by atoms with Crippen molar-refractivity contribution in [2.75, 3.05) is 45.9 Å². The van der Waals surface area contributed by atoms with E-state index in [-0.39, 0.29) is 17.1 Å². The van der Waals surface area contributed by atoms with E-state index in [0.717, 1.165) is 57.7 Å². The number of aromatic hydroxyl groups is 1. The maximum atomic E-state index is 12.7. The minimum absolute atomic E-state index is 0.0444. The largest absolute Gasteiger partial charge is 0.508 e. The Kier molecular flexibility index (Phi) is 8.59. The molecule has 2 aromatic rings. The standard InChI is InChI=1S/C25H36N4O3/c1-4-29(5-2)23(31)20-18-26-24(27-19-20)25(21-9-7-10-22(30)17-21)11-14-28(15-12-25)13-8-16-32-6-3/h7,9-10,17-19,30H,4-6,8,11-16H2,1-3H3. The number of carbonyl (C=O) groups is 1. The lowest BCUT2D eigenvalue weighted by Gasteiger charge is -2.41. The molecule has 1 saturated heterocycles. The van der Waals surface area contributed by atoms with E-state index < -0.39 is 0 Å². The van der Waals surface area contributed by atoms with Gasteiger partial charge in [-0.2, -0.15) is 0 Å². The van der Waals surface area contributed by atoms with Gasteiger partial charge in [0, 0.05) is 45.2 Å². The Morgan fingerprint density at radius 3 is 2.44 bits per heavy atom. The van der Waals surface area contributed by atoms with Crippen LogP contribution in [0.5, 0.6) is 5.75 Å². The van der Waals surface area contributed by atoms with Crippen LogP contribution in [0.2, 0.25) is 0 Å². The zero-order chi connectivity index (χ0) is 23.0. The third-order valence-electron chi connectivity index (χ3n) is 6.45. The molecule has 7 heteroatoms. The third-order valence-corrected chi connectivity index (χ3v) is 6.45. The normalized spacial score (nSPS) is 16.1. The van der Waals surface area contributed by atoms with E-state index in [9.17, 15) is 9.90 Å². The molecule has 1 N–H and O–H groups in total. The molecule has 0 aliphatic carbocycles. The summed E-state index contributed by atoms with van der Waals surface area (Å²) in [6, 6.07) is 7.43. The zero-order valence-corrected chi connectivity index (χ0v) is 19.6. The molecule has 0 radical (unpaired) electrons. The van der Waals surface area contributed by atoms with E-state index in [1.54, 1.807) is 23.4 Å². The van der Waals surface area contributed by atoms with Crippen LogP contribution in [-0.4, -0.2) is 76.7 Å². The van der Waals surface area contributed by atoms with Crippen LogP contribution in [0.1, 0.15) is 61.8 Å². The zero-order valence-electron chi connectivity index (χ0n) is 19.6. The number of ether oxygens (including phenoxy) is 1. The molecule has 0 bridgehead atoms. The first kappa shape index (κ1) is 24.1. The van der Waals surface area contributed by atoms with Crippen LogP contribution in [0.15, 0.2) is 36.7 Å². The summed E-state index contributed by atoms with van der Waals surface area (Å²) in [6.45, 7) is 11.7. The van der Waals surface area contributed by atoms with Gasteiger partial charge in [-0.25, -0.2) is 9.97 Å². The van der Waals surface area contributed by atoms with Gasteiger partial charge in [0.05, 0.1) is 11.0 Å². The van der Waals surface area contributed by atoms with Crippen molar-refractivity contribution in [2.24, 2.45) is 0 Å². The molecule has 174 valence electrons. The van der Waals surface area contributed by atoms with Gasteiger partial charge in [0.2, 0.25) is 0 Å². The first-order chi connectivity index (χ1) is 15.5. The highest BCUT2D eigenvalue weighted by molar-refractivity contribution is 5.93. The summed E-state index contributed by atoms with van der Waals surface area (Å²) in [5.41, 5.74) is 1.15. The van der Waals surface area contributed by atoms with Gasteiger partial charge in [-0.1, -0.05) is 12.1 Å². The van der Waals surface area contributed by atoms with Crippen molar-refractivity contribution < 1.29 is 14.6 Å². The topological polar surface area (TPSA) is 78.8 Å². The number of hydrogen-bond acceptors (Lipinski definition) is 6. The van der Waals surface area contributed by atoms with Gasteiger partial charge >= 0.3 is 0 Å². The van der Waals surface area contributed by atoms with E-state index in [2.05, 4.69) is 14.9 Å². The molecule has 0 unspecified atom stereocenters. The van der Waals surface area contributed by atoms with Crippen molar-refractivity contribution in [1.29, 1.82) is 0 Å². The van der Waals surface area contributed by atoms with Crippen LogP contribution < -0.4 is 0 Å². The minimum atomic E-state index is -0.383. The molecule has 1 amide bonds. The molecule has 1 fully saturated rings. The Bertz CT molecular complexity index is 860. The first-order valence-electron chi connectivity index (χ1n) is 11.8. The SMILES string of the molecule is CCOCCCN1CCC(c2cccc(O)c2)(c2ncc(C(=O)N(CC)CC)cn2)CC1. The number of benzene rings is 1. The van der Waals surface area contributed by atoms with Crippen LogP contribution >= 0.6 is 0 Å². The lowest BCUT2D eigenvalue weighted by Crippen LogP contribution is -2.44. The number of piperidine rings is 1. The van der Waals surface area contributed by atoms with Crippen LogP contribution in [-0.2, 0) is 10.2 Å². The third kappa shape index (κ3) is 5.45. The molecule has 1 aliphatic heterocycles. The van der Waals surface area contributed by atoms with Gasteiger partial charge in [0.25, 0.3) is 5.91 Å². The Hall–Kier alpha value is -2.51. The Labute approximate surface area is 191 Å². The molecule has 0 spiro atoms. The fraction of sp³-hybridized carbons (Fsp3) is 0.560. The number of carbonyl (C=O) groups excluding carboxylic acids is 1. The number of rotatable bonds is 10. The summed E-state index contributed by atoms with van der Waals surface area (Å²) in [6.07, 6.45) is 6.04. The lowest BCUT2D eigenvalue weighted by atomic mass is 9.72. The van der Waals surface area contributed by atoms with Gasteiger partial charge in [-0.15, -0.1) is 0 Å². The van der Waals surface area contributed by atoms with E-state index in [4.69, 9.17) is 4.74 Å². The van der Waals surface area contributed by atoms with E-state index in [1.807, 2.05) is 39.0 Å². The predicted octanol–water partition coefficient (Wildman–Crippen LogP) is 3.47. The van der Waals surface area contributed by atoms with Gasteiger partial charge in [-0.05, 0) is 70.8 Å². The van der Waals surface area contributed by atoms with Crippen molar-refractivity contribution in [2.45, 2.75) is 45.4 Å². The molecule has 1 aromatic carbocycles. The Morgan fingerprint density at radius 2 is 1.84 bits per heavy atom. The maximum absolute atomic E-state index is 12.7. The summed E-state index contributed by atoms with van der Waals surface area (Å²) in [5, 5.41) is 10.1. The minimum Gasteiger partial charge on any atom is -0.508 e. The monoisotopic (exact) mass is 440 g/mol. The molecule has 0 saturated carbocycles. The van der Waals surface area contributed by atoms with Crippen molar-refractivity contribution in [3.05, 3.63) is 53.6 Å². The summed E-state index contributed by atoms with van der Waals surface area (Å²) >= 11 is 0. The van der Waals surface area contributed by atoms with Crippen LogP contribution in [0.3, 0.4) is 0 Å². The molecular formula is C25H36N4O3. The Balaban J connectivity index is 1.83. The first-order valence-corrected chi connectivity index (χ1v) is 11.8. The van der Waals surface area contributed by atoms with Crippen LogP contribution in [0.25, 0.3) is 0 Å². The average Bonchev–Trinajstić information content (AvgIpc) is 2.83. The Morgan fingerprint density at radius 1 is 1.16 bits per heavy atom. The number of phenolic OH excluding ortho intramolecular Hbond substituents is 1. The summed E-state index contributed by atoms with van der Waals surface area (Å²) in [5.74, 6) is 0.916. The second-order valence-electron chi connectivity index (χ2n) is 8.30. The van der Waals surface area contributed by atoms with Crippen molar-refractivity contribution in [3.63, 3.8) is 0 Å². The summed E-state index contributed by atoms with van der Waals surface area (Å²) in [7, 11) is 0. The van der Waals surface area contributed by atoms with Crippen molar-refractivity contribution in [1.82, 2.24) is 19.8 Å². The highest BCUT2D eigenvalue weighted by Gasteiger charge is 2.40. The van der Waals surface area contributed by atoms with Crippen LogP contribution in [0.4, 0.5) is 0 Å². The number of phenols is 1. The van der Waals surface area contributed by atoms with Gasteiger partial charge < -0.3 is 19.6 Å². The molecule has 0 atom stereocenters. The molecule has 32 heavy (non-hydrogen) atoms. The number of likely N-dealkylation sites (tertiary alicyclic amines) is 1. The van der Waals surface area contributed by atoms with E-state index >= 15 is 0 Å². The van der Waals surface area contributed by atoms with Gasteiger partial charge in [0.15, 0.2) is 0 Å². The second-order valence-corrected chi connectivity index (χ2v) is 8.30. The summed E-state index contributed by atoms with van der Waals surface area (Å²) < 4.78 is 5.48. The number of nitrogens with zero attached hydrogens (tertiary/aromatic N) is 4. The number of hydrogen-bond donors (Lipinski definition) is 1. The predicted molar refractivity (Wildman–Crippen MR) is 125 cm³/mol. The second kappa shape index (κ2) is 11.4. The number of amides is 1. The molecular weight excluding hydrogens is 404 g/mol. The molecule has 2 heterocycles. The van der Waals surface area contributed by atoms with Crippen molar-refractivity contribution >= 4 is 5.91 Å². The highest BCUT2D eigenvalue weighted by atomic mass is 16.5. The lowest BCUT2D eigenvalue weighted by molar-refractivity contribution is 0.0771. The van der Waals surface area contributed by atoms with Crippen LogP contribution in [0, 0.1) is 0 Å². The van der Waals surface area contributed by atoms with E-state index in [1.165, 1.54) is 0 Å². The van der Waals surface area contributed by atoms with Crippen molar-refractivity contribution in [3.8, 4) is 5.75 Å². The molecule has 3 rings (SSSR count). The molecule has 1 aliphatic rings. The van der Waals surface area contributed by atoms with E-state index in [0.29, 0.717) is 24.5 Å². The quantitative estimate of drug-likeness (QED) is 0.570. The number of aromatic nitrogens is 2. The smallest absolute Gasteiger partial charge is 0.256 e. The average molecular weight is 441 g/mol. The van der Waals surface area contributed by atoms with Gasteiger partial charge in [-0.3, -0.25) is 4.79 Å². The maximum Gasteiger partial charge on any atom is 0.256 e. The highest BCUT2D eigenvalue weighted by Crippen LogP contribution is 2.41. The van der Waals surface area contributed by atoms with Gasteiger partial charge in [0.1, 0.15) is 11.6 Å². The fourth-order valence-electron chi connectivity index (χ4n) is 4.52. The summed E-state index contributed by atoms with van der Waals surface area (Å²) in [4.78, 5) is 26.3. The molecule has 1 aromatic heterocycles. The fourth-order valence-corrected chi connectivity index (χ4v) is 4.52. The molecule has 7 nitrogen and oxygen atoms in total.